The fourth-order valence-electron chi connectivity index (χ4n) is 5.91. The molecule has 0 aliphatic rings. The van der Waals surface area contributed by atoms with Crippen molar-refractivity contribution >= 4 is 11.9 Å². The van der Waals surface area contributed by atoms with E-state index in [0.29, 0.717) is 23.1 Å². The van der Waals surface area contributed by atoms with Crippen molar-refractivity contribution < 1.29 is 19.1 Å². The predicted octanol–water partition coefficient (Wildman–Crippen LogP) is 10.7. The Labute approximate surface area is 304 Å². The fourth-order valence-corrected chi connectivity index (χ4v) is 5.91. The summed E-state index contributed by atoms with van der Waals surface area (Å²) in [5.41, 5.74) is 3.96. The van der Waals surface area contributed by atoms with Gasteiger partial charge in [0.05, 0.1) is 12.3 Å². The van der Waals surface area contributed by atoms with Gasteiger partial charge in [-0.15, -0.1) is 0 Å². The number of unbranched alkanes of at least 4 members (excludes halogenated alkanes) is 12. The van der Waals surface area contributed by atoms with Gasteiger partial charge in [0.25, 0.3) is 0 Å². The summed E-state index contributed by atoms with van der Waals surface area (Å²) < 4.78 is 11.0. The van der Waals surface area contributed by atoms with Crippen LogP contribution in [0.5, 0.6) is 11.5 Å². The third kappa shape index (κ3) is 14.4. The zero-order valence-corrected chi connectivity index (χ0v) is 30.9. The van der Waals surface area contributed by atoms with Gasteiger partial charge in [-0.25, -0.2) is 19.9 Å². The Morgan fingerprint density at radius 3 is 1.31 bits per heavy atom. The minimum Gasteiger partial charge on any atom is -0.427 e. The Balaban J connectivity index is 1.15. The van der Waals surface area contributed by atoms with Gasteiger partial charge in [-0.3, -0.25) is 9.59 Å². The van der Waals surface area contributed by atoms with Gasteiger partial charge in [0.1, 0.15) is 11.5 Å². The van der Waals surface area contributed by atoms with Gasteiger partial charge < -0.3 is 9.47 Å². The van der Waals surface area contributed by atoms with E-state index in [1.807, 2.05) is 49.1 Å². The number of rotatable bonds is 23. The van der Waals surface area contributed by atoms with E-state index >= 15 is 0 Å². The van der Waals surface area contributed by atoms with Crippen molar-refractivity contribution in [2.24, 2.45) is 5.92 Å². The molecule has 8 heteroatoms. The Morgan fingerprint density at radius 2 is 0.902 bits per heavy atom. The number of aromatic nitrogens is 4. The normalized spacial score (nSPS) is 11.7. The summed E-state index contributed by atoms with van der Waals surface area (Å²) in [6.07, 6.45) is 27.4. The first-order valence-corrected chi connectivity index (χ1v) is 19.2. The zero-order chi connectivity index (χ0) is 36.1. The molecule has 0 aliphatic heterocycles. The summed E-state index contributed by atoms with van der Waals surface area (Å²) in [7, 11) is 0. The van der Waals surface area contributed by atoms with Gasteiger partial charge >= 0.3 is 11.9 Å². The number of esters is 2. The maximum atomic E-state index is 12.7. The highest BCUT2D eigenvalue weighted by Crippen LogP contribution is 2.23. The number of benzene rings is 2. The van der Waals surface area contributed by atoms with Gasteiger partial charge in [0, 0.05) is 35.9 Å². The fraction of sp³-hybridized carbons (Fsp3) is 0.488. The average molecular weight is 693 g/mol. The van der Waals surface area contributed by atoms with E-state index in [1.165, 1.54) is 77.0 Å². The molecular formula is C43H56N4O4. The molecule has 1 unspecified atom stereocenters. The van der Waals surface area contributed by atoms with E-state index in [1.54, 1.807) is 31.2 Å². The number of hydrogen-bond donors (Lipinski definition) is 0. The van der Waals surface area contributed by atoms with Crippen LogP contribution < -0.4 is 9.47 Å². The van der Waals surface area contributed by atoms with Crippen LogP contribution in [-0.2, 0) is 22.4 Å². The van der Waals surface area contributed by atoms with Crippen LogP contribution in [0, 0.1) is 5.92 Å². The smallest absolute Gasteiger partial charge is 0.314 e. The lowest BCUT2D eigenvalue weighted by Crippen LogP contribution is -2.22. The Bertz CT molecular complexity index is 1570. The molecular weight excluding hydrogens is 636 g/mol. The highest BCUT2D eigenvalue weighted by atomic mass is 16.5. The lowest BCUT2D eigenvalue weighted by molar-refractivity contribution is -0.144. The van der Waals surface area contributed by atoms with E-state index in [9.17, 15) is 9.59 Å². The highest BCUT2D eigenvalue weighted by Gasteiger charge is 2.21. The molecule has 2 heterocycles. The molecule has 0 fully saturated rings. The quantitative estimate of drug-likeness (QED) is 0.0430. The van der Waals surface area contributed by atoms with E-state index in [4.69, 9.17) is 9.47 Å². The van der Waals surface area contributed by atoms with Gasteiger partial charge in [0.15, 0.2) is 11.6 Å². The maximum absolute atomic E-state index is 12.7. The second-order valence-electron chi connectivity index (χ2n) is 13.6. The van der Waals surface area contributed by atoms with Crippen LogP contribution in [0.15, 0.2) is 73.3 Å². The SMILES string of the molecule is CCCCCCCCCc1cnc(-c2ccc(OC(=O)CC(C)C(=O)Oc3ccc(-c4ncc(CCCCCCCCC)cn4)cc3)cc2)nc1. The summed E-state index contributed by atoms with van der Waals surface area (Å²) in [5, 5.41) is 0. The summed E-state index contributed by atoms with van der Waals surface area (Å²) in [4.78, 5) is 43.5. The van der Waals surface area contributed by atoms with Crippen LogP contribution in [0.4, 0.5) is 0 Å². The zero-order valence-electron chi connectivity index (χ0n) is 30.9. The van der Waals surface area contributed by atoms with E-state index in [2.05, 4.69) is 33.8 Å². The third-order valence-corrected chi connectivity index (χ3v) is 9.10. The maximum Gasteiger partial charge on any atom is 0.314 e. The molecule has 0 bridgehead atoms. The first-order valence-electron chi connectivity index (χ1n) is 19.2. The summed E-state index contributed by atoms with van der Waals surface area (Å²) in [6, 6.07) is 14.1. The largest absolute Gasteiger partial charge is 0.427 e. The molecule has 0 radical (unpaired) electrons. The molecule has 4 aromatic rings. The molecule has 0 N–H and O–H groups in total. The van der Waals surface area contributed by atoms with Crippen molar-refractivity contribution in [3.63, 3.8) is 0 Å². The van der Waals surface area contributed by atoms with Gasteiger partial charge in [-0.05, 0) is 85.3 Å². The lowest BCUT2D eigenvalue weighted by Gasteiger charge is -2.11. The summed E-state index contributed by atoms with van der Waals surface area (Å²) in [5.74, 6) is 0.331. The van der Waals surface area contributed by atoms with Crippen molar-refractivity contribution in [3.05, 3.63) is 84.4 Å². The Morgan fingerprint density at radius 1 is 0.529 bits per heavy atom. The molecule has 0 saturated heterocycles. The van der Waals surface area contributed by atoms with Crippen molar-refractivity contribution in [1.29, 1.82) is 0 Å². The van der Waals surface area contributed by atoms with E-state index < -0.39 is 17.9 Å². The molecule has 272 valence electrons. The molecule has 8 nitrogen and oxygen atoms in total. The molecule has 2 aromatic heterocycles. The number of carbonyl (C=O) groups is 2. The van der Waals surface area contributed by atoms with Gasteiger partial charge in [0.2, 0.25) is 0 Å². The standard InChI is InChI=1S/C43H56N4O4/c1-4-6-8-10-12-14-16-18-34-29-44-41(45-30-34)36-20-24-38(25-21-36)50-40(48)28-33(3)43(49)51-39-26-22-37(23-27-39)42-46-31-35(32-47-42)19-17-15-13-11-9-7-5-2/h20-27,29-33H,4-19,28H2,1-3H3. The van der Waals surface area contributed by atoms with Crippen LogP contribution in [0.3, 0.4) is 0 Å². The van der Waals surface area contributed by atoms with Crippen LogP contribution in [0.2, 0.25) is 0 Å². The molecule has 0 saturated carbocycles. The van der Waals surface area contributed by atoms with Gasteiger partial charge in [-0.2, -0.15) is 0 Å². The molecule has 0 amide bonds. The van der Waals surface area contributed by atoms with Crippen molar-refractivity contribution in [2.75, 3.05) is 0 Å². The van der Waals surface area contributed by atoms with Gasteiger partial charge in [-0.1, -0.05) is 97.8 Å². The Hall–Kier alpha value is -4.46. The number of carbonyl (C=O) groups excluding carboxylic acids is 2. The number of ether oxygens (including phenoxy) is 2. The number of nitrogens with zero attached hydrogens (tertiary/aromatic N) is 4. The van der Waals surface area contributed by atoms with E-state index in [0.717, 1.165) is 47.9 Å². The molecule has 2 aromatic carbocycles. The number of hydrogen-bond acceptors (Lipinski definition) is 8. The summed E-state index contributed by atoms with van der Waals surface area (Å²) >= 11 is 0. The first kappa shape index (κ1) is 39.3. The van der Waals surface area contributed by atoms with Crippen LogP contribution in [0.1, 0.15) is 128 Å². The molecule has 0 spiro atoms. The second kappa shape index (κ2) is 22.4. The van der Waals surface area contributed by atoms with Crippen LogP contribution in [-0.4, -0.2) is 31.9 Å². The van der Waals surface area contributed by atoms with Crippen molar-refractivity contribution in [2.45, 2.75) is 130 Å². The molecule has 0 aliphatic carbocycles. The minimum atomic E-state index is -0.684. The van der Waals surface area contributed by atoms with Crippen LogP contribution in [0.25, 0.3) is 22.8 Å². The number of aryl methyl sites for hydroxylation is 2. The van der Waals surface area contributed by atoms with E-state index in [-0.39, 0.29) is 6.42 Å². The van der Waals surface area contributed by atoms with Crippen molar-refractivity contribution in [1.82, 2.24) is 19.9 Å². The van der Waals surface area contributed by atoms with Crippen molar-refractivity contribution in [3.8, 4) is 34.3 Å². The highest BCUT2D eigenvalue weighted by molar-refractivity contribution is 5.82. The molecule has 51 heavy (non-hydrogen) atoms. The van der Waals surface area contributed by atoms with Crippen LogP contribution >= 0.6 is 0 Å². The lowest BCUT2D eigenvalue weighted by atomic mass is 10.1. The predicted molar refractivity (Wildman–Crippen MR) is 203 cm³/mol. The summed E-state index contributed by atoms with van der Waals surface area (Å²) in [6.45, 7) is 6.13. The monoisotopic (exact) mass is 692 g/mol. The molecule has 4 rings (SSSR count). The third-order valence-electron chi connectivity index (χ3n) is 9.10. The topological polar surface area (TPSA) is 104 Å². The molecule has 1 atom stereocenters. The second-order valence-corrected chi connectivity index (χ2v) is 13.6. The average Bonchev–Trinajstić information content (AvgIpc) is 3.15. The Kier molecular flexibility index (Phi) is 17.3. The first-order chi connectivity index (χ1) is 24.9. The minimum absolute atomic E-state index is 0.110.